The number of nitrogens with zero attached hydrogens (tertiary/aromatic N) is 1. The van der Waals surface area contributed by atoms with Crippen LogP contribution in [0.3, 0.4) is 0 Å². The Morgan fingerprint density at radius 2 is 2.00 bits per heavy atom. The highest BCUT2D eigenvalue weighted by molar-refractivity contribution is 7.12. The number of amides is 2. The van der Waals surface area contributed by atoms with Gasteiger partial charge in [0.05, 0.1) is 21.5 Å². The number of carbonyl (C=O) groups is 3. The number of benzene rings is 1. The van der Waals surface area contributed by atoms with Gasteiger partial charge in [-0.25, -0.2) is 0 Å². The number of anilines is 1. The maximum atomic E-state index is 13.1. The lowest BCUT2D eigenvalue weighted by molar-refractivity contribution is -0.149. The minimum Gasteiger partial charge on any atom is -0.481 e. The van der Waals surface area contributed by atoms with E-state index in [1.165, 1.54) is 11.3 Å². The van der Waals surface area contributed by atoms with Crippen molar-refractivity contribution in [1.29, 1.82) is 0 Å². The van der Waals surface area contributed by atoms with Crippen LogP contribution in [0.4, 0.5) is 5.69 Å². The van der Waals surface area contributed by atoms with E-state index >= 15 is 0 Å². The van der Waals surface area contributed by atoms with E-state index < -0.39 is 11.4 Å². The lowest BCUT2D eigenvalue weighted by Gasteiger charge is -2.23. The first kappa shape index (κ1) is 17.7. The molecule has 1 aliphatic carbocycles. The second-order valence-electron chi connectivity index (χ2n) is 7.21. The molecule has 0 spiro atoms. The average molecular weight is 384 g/mol. The third-order valence-electron chi connectivity index (χ3n) is 5.73. The molecule has 0 bridgehead atoms. The summed E-state index contributed by atoms with van der Waals surface area (Å²) in [7, 11) is 0. The Bertz CT molecular complexity index is 895. The van der Waals surface area contributed by atoms with E-state index in [0.29, 0.717) is 29.1 Å². The number of nitrogens with one attached hydrogen (secondary N) is 1. The number of hydrogen-bond donors (Lipinski definition) is 2. The molecule has 2 amide bonds. The van der Waals surface area contributed by atoms with Crippen LogP contribution in [0.25, 0.3) is 0 Å². The molecule has 4 rings (SSSR count). The second-order valence-corrected chi connectivity index (χ2v) is 8.16. The molecule has 6 nitrogen and oxygen atoms in total. The highest BCUT2D eigenvalue weighted by Crippen LogP contribution is 2.49. The van der Waals surface area contributed by atoms with E-state index in [0.717, 1.165) is 12.8 Å². The van der Waals surface area contributed by atoms with Gasteiger partial charge in [0, 0.05) is 13.1 Å². The molecule has 1 saturated heterocycles. The summed E-state index contributed by atoms with van der Waals surface area (Å²) in [5.74, 6) is -1.29. The number of carboxylic acids is 1. The first-order valence-corrected chi connectivity index (χ1v) is 9.86. The molecule has 2 fully saturated rings. The van der Waals surface area contributed by atoms with Gasteiger partial charge in [0.1, 0.15) is 0 Å². The zero-order chi connectivity index (χ0) is 19.0. The number of para-hydroxylation sites is 1. The van der Waals surface area contributed by atoms with Crippen LogP contribution in [0.5, 0.6) is 0 Å². The smallest absolute Gasteiger partial charge is 0.311 e. The molecule has 2 aliphatic rings. The Hall–Kier alpha value is -2.67. The van der Waals surface area contributed by atoms with Crippen LogP contribution >= 0.6 is 11.3 Å². The number of fused-ring (bicyclic) bond motifs is 1. The van der Waals surface area contributed by atoms with Crippen LogP contribution in [0, 0.1) is 11.3 Å². The summed E-state index contributed by atoms with van der Waals surface area (Å²) in [6, 6.07) is 10.4. The van der Waals surface area contributed by atoms with E-state index in [-0.39, 0.29) is 24.3 Å². The molecule has 140 valence electrons. The fourth-order valence-electron chi connectivity index (χ4n) is 4.33. The standard InChI is InChI=1S/C20H20N2O4S/c23-17(16-8-4-10-27-16)21-15-7-2-1-6-14(15)18(24)22-11-13-5-3-9-20(13,12-22)19(25)26/h1-2,4,6-8,10,13H,3,5,9,11-12H2,(H,21,23)(H,25,26)/t13-,20+/m0/s1. The van der Waals surface area contributed by atoms with E-state index in [2.05, 4.69) is 5.32 Å². The number of thiophene rings is 1. The number of rotatable bonds is 4. The Kier molecular flexibility index (Phi) is 4.47. The van der Waals surface area contributed by atoms with Crippen LogP contribution in [0.2, 0.25) is 0 Å². The van der Waals surface area contributed by atoms with Crippen molar-refractivity contribution in [3.05, 3.63) is 52.2 Å². The normalized spacial score (nSPS) is 23.9. The minimum absolute atomic E-state index is 0.00632. The van der Waals surface area contributed by atoms with Crippen molar-refractivity contribution in [2.45, 2.75) is 19.3 Å². The SMILES string of the molecule is O=C(Nc1ccccc1C(=O)N1C[C@@H]2CCC[C@@]2(C(=O)O)C1)c1cccs1. The Morgan fingerprint density at radius 1 is 1.19 bits per heavy atom. The number of likely N-dealkylation sites (tertiary alicyclic amines) is 1. The van der Waals surface area contributed by atoms with Crippen molar-refractivity contribution in [3.63, 3.8) is 0 Å². The molecule has 2 aromatic rings. The van der Waals surface area contributed by atoms with Crippen LogP contribution in [-0.2, 0) is 4.79 Å². The molecule has 1 saturated carbocycles. The maximum Gasteiger partial charge on any atom is 0.311 e. The van der Waals surface area contributed by atoms with Crippen molar-refractivity contribution in [3.8, 4) is 0 Å². The van der Waals surface area contributed by atoms with Crippen LogP contribution in [0.15, 0.2) is 41.8 Å². The zero-order valence-corrected chi connectivity index (χ0v) is 15.5. The highest BCUT2D eigenvalue weighted by atomic mass is 32.1. The summed E-state index contributed by atoms with van der Waals surface area (Å²) in [6.07, 6.45) is 2.35. The van der Waals surface area contributed by atoms with Gasteiger partial charge < -0.3 is 15.3 Å². The Labute approximate surface area is 160 Å². The molecule has 1 aromatic carbocycles. The zero-order valence-electron chi connectivity index (χ0n) is 14.7. The molecule has 0 radical (unpaired) electrons. The summed E-state index contributed by atoms with van der Waals surface area (Å²) < 4.78 is 0. The van der Waals surface area contributed by atoms with Gasteiger partial charge in [-0.2, -0.15) is 0 Å². The summed E-state index contributed by atoms with van der Waals surface area (Å²) in [5.41, 5.74) is 0.0235. The van der Waals surface area contributed by atoms with Crippen molar-refractivity contribution >= 4 is 34.8 Å². The molecule has 7 heteroatoms. The average Bonchev–Trinajstić information content (AvgIpc) is 3.37. The molecule has 1 aliphatic heterocycles. The number of carboxylic acid groups (broad SMARTS) is 1. The lowest BCUT2D eigenvalue weighted by atomic mass is 9.81. The molecule has 1 aromatic heterocycles. The van der Waals surface area contributed by atoms with E-state index in [9.17, 15) is 19.5 Å². The lowest BCUT2D eigenvalue weighted by Crippen LogP contribution is -2.37. The topological polar surface area (TPSA) is 86.7 Å². The maximum absolute atomic E-state index is 13.1. The third kappa shape index (κ3) is 3.02. The van der Waals surface area contributed by atoms with E-state index in [1.54, 1.807) is 41.3 Å². The first-order chi connectivity index (χ1) is 13.0. The molecule has 2 atom stereocenters. The highest BCUT2D eigenvalue weighted by Gasteiger charge is 2.55. The van der Waals surface area contributed by atoms with E-state index in [4.69, 9.17) is 0 Å². The molecule has 0 unspecified atom stereocenters. The van der Waals surface area contributed by atoms with Crippen LogP contribution in [-0.4, -0.2) is 40.9 Å². The van der Waals surface area contributed by atoms with Crippen LogP contribution in [0.1, 0.15) is 39.3 Å². The number of aliphatic carboxylic acids is 1. The Morgan fingerprint density at radius 3 is 2.70 bits per heavy atom. The van der Waals surface area contributed by atoms with E-state index in [1.807, 2.05) is 5.38 Å². The second kappa shape index (κ2) is 6.81. The molecule has 2 N–H and O–H groups in total. The van der Waals surface area contributed by atoms with Gasteiger partial charge in [-0.15, -0.1) is 11.3 Å². The van der Waals surface area contributed by atoms with Gasteiger partial charge in [0.2, 0.25) is 0 Å². The quantitative estimate of drug-likeness (QED) is 0.847. The molecule has 2 heterocycles. The van der Waals surface area contributed by atoms with Gasteiger partial charge in [0.25, 0.3) is 11.8 Å². The number of hydrogen-bond acceptors (Lipinski definition) is 4. The van der Waals surface area contributed by atoms with Gasteiger partial charge in [-0.05, 0) is 42.3 Å². The van der Waals surface area contributed by atoms with Gasteiger partial charge in [0.15, 0.2) is 0 Å². The predicted molar refractivity (Wildman–Crippen MR) is 102 cm³/mol. The largest absolute Gasteiger partial charge is 0.481 e. The van der Waals surface area contributed by atoms with Gasteiger partial charge in [-0.3, -0.25) is 14.4 Å². The minimum atomic E-state index is -0.815. The monoisotopic (exact) mass is 384 g/mol. The van der Waals surface area contributed by atoms with Crippen molar-refractivity contribution in [1.82, 2.24) is 4.90 Å². The predicted octanol–water partition coefficient (Wildman–Crippen LogP) is 3.33. The summed E-state index contributed by atoms with van der Waals surface area (Å²) in [6.45, 7) is 0.692. The van der Waals surface area contributed by atoms with Crippen LogP contribution < -0.4 is 5.32 Å². The molecule has 27 heavy (non-hydrogen) atoms. The fraction of sp³-hybridized carbons (Fsp3) is 0.350. The summed E-state index contributed by atoms with van der Waals surface area (Å²) >= 11 is 1.33. The molecular formula is C20H20N2O4S. The van der Waals surface area contributed by atoms with Gasteiger partial charge >= 0.3 is 5.97 Å². The fourth-order valence-corrected chi connectivity index (χ4v) is 4.95. The third-order valence-corrected chi connectivity index (χ3v) is 6.60. The summed E-state index contributed by atoms with van der Waals surface area (Å²) in [4.78, 5) is 39.5. The van der Waals surface area contributed by atoms with Crippen molar-refractivity contribution in [2.75, 3.05) is 18.4 Å². The number of carbonyl (C=O) groups excluding carboxylic acids is 2. The van der Waals surface area contributed by atoms with Crippen molar-refractivity contribution in [2.24, 2.45) is 11.3 Å². The summed E-state index contributed by atoms with van der Waals surface area (Å²) in [5, 5.41) is 14.4. The first-order valence-electron chi connectivity index (χ1n) is 8.98. The van der Waals surface area contributed by atoms with Gasteiger partial charge in [-0.1, -0.05) is 24.6 Å². The Balaban J connectivity index is 1.57. The molecular weight excluding hydrogens is 364 g/mol. The van der Waals surface area contributed by atoms with Crippen molar-refractivity contribution < 1.29 is 19.5 Å².